The van der Waals surface area contributed by atoms with Crippen LogP contribution in [0, 0.1) is 6.92 Å². The van der Waals surface area contributed by atoms with Gasteiger partial charge in [-0.3, -0.25) is 10.1 Å². The van der Waals surface area contributed by atoms with Crippen LogP contribution in [0.15, 0.2) is 48.5 Å². The normalized spacial score (nSPS) is 10.2. The monoisotopic (exact) mass is 358 g/mol. The maximum atomic E-state index is 12.2. The topological polar surface area (TPSA) is 59.6 Å². The molecule has 2 rings (SSSR count). The Labute approximate surface area is 153 Å². The Kier molecular flexibility index (Phi) is 7.37. The zero-order valence-electron chi connectivity index (χ0n) is 14.4. The Balaban J connectivity index is 1.95. The molecule has 0 aliphatic carbocycles. The molecule has 0 unspecified atom stereocenters. The number of aryl methyl sites for hydroxylation is 1. The summed E-state index contributed by atoms with van der Waals surface area (Å²) in [7, 11) is 0. The summed E-state index contributed by atoms with van der Waals surface area (Å²) in [5.41, 5.74) is 2.26. The minimum atomic E-state index is -0.254. The number of benzene rings is 2. The molecule has 0 aliphatic heterocycles. The van der Waals surface area contributed by atoms with Gasteiger partial charge in [-0.1, -0.05) is 29.8 Å². The summed E-state index contributed by atoms with van der Waals surface area (Å²) in [5, 5.41) is 5.89. The number of rotatable bonds is 7. The Morgan fingerprint density at radius 1 is 1.12 bits per heavy atom. The van der Waals surface area contributed by atoms with Gasteiger partial charge in [0.2, 0.25) is 0 Å². The highest BCUT2D eigenvalue weighted by atomic mass is 32.1. The van der Waals surface area contributed by atoms with Crippen LogP contribution in [0.3, 0.4) is 0 Å². The van der Waals surface area contributed by atoms with E-state index >= 15 is 0 Å². The molecule has 0 saturated heterocycles. The van der Waals surface area contributed by atoms with Crippen LogP contribution in [0.4, 0.5) is 5.69 Å². The van der Waals surface area contributed by atoms with E-state index in [4.69, 9.17) is 21.7 Å². The standard InChI is InChI=1S/C19H22N2O3S/c1-3-23-11-12-24-17-10-5-4-9-16(17)20-19(25)21-18(22)15-8-6-7-14(2)13-15/h4-10,13H,3,11-12H2,1-2H3,(H2,20,21,22,25). The summed E-state index contributed by atoms with van der Waals surface area (Å²) in [4.78, 5) is 12.2. The molecule has 0 aromatic heterocycles. The molecule has 2 aromatic carbocycles. The van der Waals surface area contributed by atoms with Gasteiger partial charge < -0.3 is 14.8 Å². The second-order valence-corrected chi connectivity index (χ2v) is 5.73. The van der Waals surface area contributed by atoms with Crippen molar-refractivity contribution in [2.75, 3.05) is 25.1 Å². The van der Waals surface area contributed by atoms with Crippen molar-refractivity contribution < 1.29 is 14.3 Å². The van der Waals surface area contributed by atoms with Crippen LogP contribution in [-0.4, -0.2) is 30.8 Å². The largest absolute Gasteiger partial charge is 0.489 e. The maximum absolute atomic E-state index is 12.2. The van der Waals surface area contributed by atoms with E-state index < -0.39 is 0 Å². The highest BCUT2D eigenvalue weighted by Gasteiger charge is 2.10. The number of hydrogen-bond donors (Lipinski definition) is 2. The first-order chi connectivity index (χ1) is 12.1. The van der Waals surface area contributed by atoms with Gasteiger partial charge in [0.05, 0.1) is 12.3 Å². The molecule has 132 valence electrons. The third-order valence-electron chi connectivity index (χ3n) is 3.33. The summed E-state index contributed by atoms with van der Waals surface area (Å²) in [5.74, 6) is 0.394. The number of ether oxygens (including phenoxy) is 2. The van der Waals surface area contributed by atoms with Crippen LogP contribution in [0.2, 0.25) is 0 Å². The van der Waals surface area contributed by atoms with E-state index in [0.29, 0.717) is 36.8 Å². The Morgan fingerprint density at radius 3 is 2.68 bits per heavy atom. The first kappa shape index (κ1) is 18.9. The number of carbonyl (C=O) groups excluding carboxylic acids is 1. The third kappa shape index (κ3) is 6.17. The molecule has 0 radical (unpaired) electrons. The Bertz CT molecular complexity index is 734. The van der Waals surface area contributed by atoms with E-state index in [1.807, 2.05) is 56.3 Å². The highest BCUT2D eigenvalue weighted by Crippen LogP contribution is 2.23. The van der Waals surface area contributed by atoms with Crippen molar-refractivity contribution in [3.63, 3.8) is 0 Å². The second-order valence-electron chi connectivity index (χ2n) is 5.32. The zero-order valence-corrected chi connectivity index (χ0v) is 15.2. The number of carbonyl (C=O) groups is 1. The average molecular weight is 358 g/mol. The van der Waals surface area contributed by atoms with Crippen LogP contribution in [0.1, 0.15) is 22.8 Å². The fourth-order valence-corrected chi connectivity index (χ4v) is 2.37. The lowest BCUT2D eigenvalue weighted by atomic mass is 10.1. The van der Waals surface area contributed by atoms with Gasteiger partial charge >= 0.3 is 0 Å². The van der Waals surface area contributed by atoms with Gasteiger partial charge in [0.25, 0.3) is 5.91 Å². The van der Waals surface area contributed by atoms with Gasteiger partial charge in [-0.05, 0) is 50.3 Å². The SMILES string of the molecule is CCOCCOc1ccccc1NC(=S)NC(=O)c1cccc(C)c1. The number of anilines is 1. The van der Waals surface area contributed by atoms with Crippen LogP contribution in [0.5, 0.6) is 5.75 Å². The van der Waals surface area contributed by atoms with Gasteiger partial charge in [0, 0.05) is 12.2 Å². The van der Waals surface area contributed by atoms with Crippen LogP contribution < -0.4 is 15.4 Å². The number of hydrogen-bond acceptors (Lipinski definition) is 4. The van der Waals surface area contributed by atoms with Crippen molar-refractivity contribution >= 4 is 28.9 Å². The fraction of sp³-hybridized carbons (Fsp3) is 0.263. The molecule has 1 amide bonds. The molecule has 2 N–H and O–H groups in total. The summed E-state index contributed by atoms with van der Waals surface area (Å²) >= 11 is 5.24. The van der Waals surface area contributed by atoms with Crippen molar-refractivity contribution in [3.05, 3.63) is 59.7 Å². The zero-order chi connectivity index (χ0) is 18.1. The Morgan fingerprint density at radius 2 is 1.92 bits per heavy atom. The van der Waals surface area contributed by atoms with Crippen LogP contribution >= 0.6 is 12.2 Å². The molecule has 0 spiro atoms. The highest BCUT2D eigenvalue weighted by molar-refractivity contribution is 7.80. The number of amides is 1. The molecule has 0 saturated carbocycles. The predicted molar refractivity (Wildman–Crippen MR) is 103 cm³/mol. The lowest BCUT2D eigenvalue weighted by Crippen LogP contribution is -2.34. The van der Waals surface area contributed by atoms with E-state index in [9.17, 15) is 4.79 Å². The summed E-state index contributed by atoms with van der Waals surface area (Å²) in [6, 6.07) is 14.7. The molecule has 0 fully saturated rings. The van der Waals surface area contributed by atoms with E-state index in [2.05, 4.69) is 10.6 Å². The minimum Gasteiger partial charge on any atom is -0.489 e. The first-order valence-electron chi connectivity index (χ1n) is 8.08. The van der Waals surface area contributed by atoms with Gasteiger partial charge in [0.1, 0.15) is 12.4 Å². The molecule has 5 nitrogen and oxygen atoms in total. The fourth-order valence-electron chi connectivity index (χ4n) is 2.17. The molecule has 0 bridgehead atoms. The molecular weight excluding hydrogens is 336 g/mol. The second kappa shape index (κ2) is 9.76. The predicted octanol–water partition coefficient (Wildman–Crippen LogP) is 3.54. The van der Waals surface area contributed by atoms with Crippen molar-refractivity contribution in [1.82, 2.24) is 5.32 Å². The molecule has 0 atom stereocenters. The van der Waals surface area contributed by atoms with Gasteiger partial charge in [-0.25, -0.2) is 0 Å². The Hall–Kier alpha value is -2.44. The molecule has 25 heavy (non-hydrogen) atoms. The summed E-state index contributed by atoms with van der Waals surface area (Å²) < 4.78 is 10.9. The number of nitrogens with one attached hydrogen (secondary N) is 2. The molecule has 0 aliphatic rings. The number of para-hydroxylation sites is 2. The van der Waals surface area contributed by atoms with E-state index in [0.717, 1.165) is 5.56 Å². The van der Waals surface area contributed by atoms with Gasteiger partial charge in [0.15, 0.2) is 5.11 Å². The third-order valence-corrected chi connectivity index (χ3v) is 3.54. The van der Waals surface area contributed by atoms with E-state index in [1.54, 1.807) is 6.07 Å². The maximum Gasteiger partial charge on any atom is 0.257 e. The van der Waals surface area contributed by atoms with Crippen LogP contribution in [-0.2, 0) is 4.74 Å². The lowest BCUT2D eigenvalue weighted by molar-refractivity contribution is 0.0977. The average Bonchev–Trinajstić information content (AvgIpc) is 2.60. The van der Waals surface area contributed by atoms with Crippen molar-refractivity contribution in [2.45, 2.75) is 13.8 Å². The smallest absolute Gasteiger partial charge is 0.257 e. The van der Waals surface area contributed by atoms with E-state index in [1.165, 1.54) is 0 Å². The van der Waals surface area contributed by atoms with E-state index in [-0.39, 0.29) is 11.0 Å². The van der Waals surface area contributed by atoms with Crippen LogP contribution in [0.25, 0.3) is 0 Å². The molecule has 6 heteroatoms. The molecule has 0 heterocycles. The van der Waals surface area contributed by atoms with Crippen molar-refractivity contribution in [2.24, 2.45) is 0 Å². The lowest BCUT2D eigenvalue weighted by Gasteiger charge is -2.14. The van der Waals surface area contributed by atoms with Gasteiger partial charge in [-0.2, -0.15) is 0 Å². The molecular formula is C19H22N2O3S. The van der Waals surface area contributed by atoms with Crippen molar-refractivity contribution in [3.8, 4) is 5.75 Å². The van der Waals surface area contributed by atoms with Gasteiger partial charge in [-0.15, -0.1) is 0 Å². The molecule has 2 aromatic rings. The first-order valence-corrected chi connectivity index (χ1v) is 8.49. The quantitative estimate of drug-likeness (QED) is 0.586. The van der Waals surface area contributed by atoms with Crippen molar-refractivity contribution in [1.29, 1.82) is 0 Å². The minimum absolute atomic E-state index is 0.215. The summed E-state index contributed by atoms with van der Waals surface area (Å²) in [6.45, 7) is 5.47. The summed E-state index contributed by atoms with van der Waals surface area (Å²) in [6.07, 6.45) is 0. The number of thiocarbonyl (C=S) groups is 1.